The number of methoxy groups -OCH3 is 2. The van der Waals surface area contributed by atoms with Gasteiger partial charge >= 0.3 is 17.9 Å². The number of benzene rings is 3. The van der Waals surface area contributed by atoms with Crippen molar-refractivity contribution in [2.45, 2.75) is 91.1 Å². The van der Waals surface area contributed by atoms with Crippen LogP contribution in [0.2, 0.25) is 0 Å². The number of anilines is 1. The summed E-state index contributed by atoms with van der Waals surface area (Å²) in [5, 5.41) is 15.6. The molecule has 15 heteroatoms. The fraction of sp³-hybridized carbons (Fsp3) is 0.409. The Morgan fingerprint density at radius 3 is 2.25 bits per heavy atom. The Morgan fingerprint density at radius 2 is 1.58 bits per heavy atom. The van der Waals surface area contributed by atoms with Gasteiger partial charge < -0.3 is 43.8 Å². The molecule has 1 fully saturated rings. The molecule has 4 aromatic rings. The van der Waals surface area contributed by atoms with Crippen LogP contribution in [-0.4, -0.2) is 73.9 Å². The molecule has 5 atom stereocenters. The number of unbranched alkanes of at least 4 members (excludes halogenated alkanes) is 2. The summed E-state index contributed by atoms with van der Waals surface area (Å²) in [5.74, 6) is -2.42. The minimum absolute atomic E-state index is 0.00114. The third-order valence-electron chi connectivity index (χ3n) is 9.52. The molecule has 1 aliphatic heterocycles. The standard InChI is InChI=1S/C27H38N2O9.C17H14O4/c1-6-7-8-10-19-24(38-21(31)13-15(2)3)17(5)37-27(35)22(16(4)36-26(19)34)29-25(33)18-11-9-12-20(23(18)32)28-14-30;1-19-12-5-3-4-11(8-12)16-10-15(18)14-7-6-13(20-2)9-17(14)21-16/h9,11-12,14-17,19,22,24,32H,6-8,10,13H2,1-5H3,(H,28,30)(H,29,33);3-10H,1-2H3. The number of hydrogen-bond donors (Lipinski definition) is 3. The smallest absolute Gasteiger partial charge is 0.332 e. The summed E-state index contributed by atoms with van der Waals surface area (Å²) in [4.78, 5) is 74.9. The SMILES string of the molecule is CCCCCC1C(=O)OC(C)C(NC(=O)c2cccc(NC=O)c2O)C(=O)OC(C)C1OC(=O)CC(C)C.COc1cccc(-c2cc(=O)c3ccc(OC)cc3o2)c1. The molecule has 3 aromatic carbocycles. The molecule has 0 saturated carbocycles. The molecule has 1 saturated heterocycles. The fourth-order valence-corrected chi connectivity index (χ4v) is 6.41. The van der Waals surface area contributed by atoms with E-state index in [0.29, 0.717) is 47.5 Å². The molecular formula is C44H52N2O13. The monoisotopic (exact) mass is 816 g/mol. The maximum absolute atomic E-state index is 13.3. The zero-order chi connectivity index (χ0) is 43.2. The quantitative estimate of drug-likeness (QED) is 0.0406. The molecule has 3 N–H and O–H groups in total. The van der Waals surface area contributed by atoms with Gasteiger partial charge in [-0.05, 0) is 62.6 Å². The van der Waals surface area contributed by atoms with Gasteiger partial charge in [-0.15, -0.1) is 0 Å². The van der Waals surface area contributed by atoms with Gasteiger partial charge in [0.2, 0.25) is 6.41 Å². The number of nitrogens with one attached hydrogen (secondary N) is 2. The third-order valence-corrected chi connectivity index (χ3v) is 9.52. The zero-order valence-corrected chi connectivity index (χ0v) is 34.3. The van der Waals surface area contributed by atoms with Crippen LogP contribution in [0, 0.1) is 11.8 Å². The molecule has 2 heterocycles. The van der Waals surface area contributed by atoms with Crippen LogP contribution < -0.4 is 25.5 Å². The predicted octanol–water partition coefficient (Wildman–Crippen LogP) is 6.57. The third kappa shape index (κ3) is 12.1. The lowest BCUT2D eigenvalue weighted by Gasteiger charge is -2.29. The number of carbonyl (C=O) groups excluding carboxylic acids is 5. The minimum atomic E-state index is -1.42. The van der Waals surface area contributed by atoms with Gasteiger partial charge in [0.05, 0.1) is 36.8 Å². The molecule has 0 bridgehead atoms. The van der Waals surface area contributed by atoms with Crippen LogP contribution >= 0.6 is 0 Å². The number of carbonyl (C=O) groups is 5. The van der Waals surface area contributed by atoms with Gasteiger partial charge in [0, 0.05) is 24.1 Å². The molecule has 5 rings (SSSR count). The van der Waals surface area contributed by atoms with Crippen LogP contribution in [0.25, 0.3) is 22.3 Å². The largest absolute Gasteiger partial charge is 0.505 e. The minimum Gasteiger partial charge on any atom is -0.505 e. The Labute approximate surface area is 342 Å². The number of hydrogen-bond acceptors (Lipinski definition) is 13. The van der Waals surface area contributed by atoms with E-state index in [1.807, 2.05) is 45.0 Å². The summed E-state index contributed by atoms with van der Waals surface area (Å²) in [6, 6.07) is 16.7. The van der Waals surface area contributed by atoms with Gasteiger partial charge in [-0.3, -0.25) is 24.0 Å². The first-order valence-corrected chi connectivity index (χ1v) is 19.4. The topological polar surface area (TPSA) is 206 Å². The summed E-state index contributed by atoms with van der Waals surface area (Å²) in [6.07, 6.45) is 0.0639. The van der Waals surface area contributed by atoms with E-state index in [1.54, 1.807) is 32.4 Å². The van der Waals surface area contributed by atoms with E-state index in [2.05, 4.69) is 10.6 Å². The second kappa shape index (κ2) is 21.4. The van der Waals surface area contributed by atoms with Gasteiger partial charge in [-0.1, -0.05) is 58.2 Å². The van der Waals surface area contributed by atoms with Crippen molar-refractivity contribution in [3.8, 4) is 28.6 Å². The van der Waals surface area contributed by atoms with Crippen molar-refractivity contribution >= 4 is 46.9 Å². The molecule has 5 unspecified atom stereocenters. The summed E-state index contributed by atoms with van der Waals surface area (Å²) >= 11 is 0. The van der Waals surface area contributed by atoms with Crippen molar-refractivity contribution in [2.24, 2.45) is 11.8 Å². The van der Waals surface area contributed by atoms with E-state index in [0.717, 1.165) is 18.4 Å². The van der Waals surface area contributed by atoms with Gasteiger partial charge in [0.1, 0.15) is 35.1 Å². The van der Waals surface area contributed by atoms with E-state index < -0.39 is 59.8 Å². The van der Waals surface area contributed by atoms with E-state index in [9.17, 15) is 33.9 Å². The second-order valence-electron chi connectivity index (χ2n) is 14.4. The zero-order valence-electron chi connectivity index (χ0n) is 34.3. The van der Waals surface area contributed by atoms with Crippen molar-refractivity contribution in [3.05, 3.63) is 82.5 Å². The number of rotatable bonds is 14. The molecule has 316 valence electrons. The Hall–Kier alpha value is -6.38. The lowest BCUT2D eigenvalue weighted by Crippen LogP contribution is -2.50. The fourth-order valence-electron chi connectivity index (χ4n) is 6.41. The Bertz CT molecular complexity index is 2160. The summed E-state index contributed by atoms with van der Waals surface area (Å²) in [5.41, 5.74) is 0.986. The highest BCUT2D eigenvalue weighted by molar-refractivity contribution is 6.01. The average Bonchev–Trinajstić information content (AvgIpc) is 3.23. The molecule has 59 heavy (non-hydrogen) atoms. The molecule has 1 aromatic heterocycles. The van der Waals surface area contributed by atoms with Crippen LogP contribution in [0.3, 0.4) is 0 Å². The number of aromatic hydroxyl groups is 1. The number of cyclic esters (lactones) is 2. The predicted molar refractivity (Wildman–Crippen MR) is 218 cm³/mol. The number of phenolic OH excluding ortho intramolecular Hbond substituents is 1. The second-order valence-corrected chi connectivity index (χ2v) is 14.4. The van der Waals surface area contributed by atoms with Crippen molar-refractivity contribution in [1.82, 2.24) is 5.32 Å². The van der Waals surface area contributed by atoms with Crippen LogP contribution in [0.1, 0.15) is 77.1 Å². The van der Waals surface area contributed by atoms with Crippen LogP contribution in [-0.2, 0) is 33.4 Å². The van der Waals surface area contributed by atoms with E-state index in [-0.39, 0.29) is 29.0 Å². The number of amides is 2. The van der Waals surface area contributed by atoms with Crippen molar-refractivity contribution in [2.75, 3.05) is 19.5 Å². The summed E-state index contributed by atoms with van der Waals surface area (Å²) in [7, 11) is 3.17. The van der Waals surface area contributed by atoms with Crippen molar-refractivity contribution < 1.29 is 57.2 Å². The number of esters is 3. The molecule has 0 spiro atoms. The number of phenols is 1. The Morgan fingerprint density at radius 1 is 0.881 bits per heavy atom. The first-order chi connectivity index (χ1) is 28.2. The first-order valence-electron chi connectivity index (χ1n) is 19.4. The van der Waals surface area contributed by atoms with Crippen LogP contribution in [0.4, 0.5) is 5.69 Å². The van der Waals surface area contributed by atoms with Crippen molar-refractivity contribution in [3.63, 3.8) is 0 Å². The highest BCUT2D eigenvalue weighted by Crippen LogP contribution is 2.30. The van der Waals surface area contributed by atoms with Gasteiger partial charge in [-0.25, -0.2) is 4.79 Å². The van der Waals surface area contributed by atoms with E-state index in [1.165, 1.54) is 38.1 Å². The average molecular weight is 817 g/mol. The molecular weight excluding hydrogens is 764 g/mol. The number of ether oxygens (including phenoxy) is 5. The molecule has 0 radical (unpaired) electrons. The first kappa shape index (κ1) is 45.3. The Balaban J connectivity index is 0.000000305. The number of para-hydroxylation sites is 1. The van der Waals surface area contributed by atoms with Gasteiger partial charge in [-0.2, -0.15) is 0 Å². The molecule has 2 amide bonds. The van der Waals surface area contributed by atoms with Gasteiger partial charge in [0.15, 0.2) is 23.3 Å². The highest BCUT2D eigenvalue weighted by Gasteiger charge is 2.44. The molecule has 15 nitrogen and oxygen atoms in total. The highest BCUT2D eigenvalue weighted by atomic mass is 16.6. The summed E-state index contributed by atoms with van der Waals surface area (Å²) < 4.78 is 33.1. The van der Waals surface area contributed by atoms with Crippen molar-refractivity contribution in [1.29, 1.82) is 0 Å². The lowest BCUT2D eigenvalue weighted by molar-refractivity contribution is -0.175. The van der Waals surface area contributed by atoms with E-state index >= 15 is 0 Å². The summed E-state index contributed by atoms with van der Waals surface area (Å²) in [6.45, 7) is 8.70. The van der Waals surface area contributed by atoms with Crippen LogP contribution in [0.15, 0.2) is 75.9 Å². The van der Waals surface area contributed by atoms with Gasteiger partial charge in [0.25, 0.3) is 5.91 Å². The maximum atomic E-state index is 13.3. The molecule has 0 aliphatic carbocycles. The maximum Gasteiger partial charge on any atom is 0.332 e. The number of fused-ring (bicyclic) bond motifs is 1. The van der Waals surface area contributed by atoms with Crippen LogP contribution in [0.5, 0.6) is 17.2 Å². The lowest BCUT2D eigenvalue weighted by atomic mass is 9.92. The molecule has 1 aliphatic rings. The Kier molecular flexibility index (Phi) is 16.4. The normalized spacial score (nSPS) is 19.1. The van der Waals surface area contributed by atoms with E-state index in [4.69, 9.17) is 28.1 Å².